The zero-order chi connectivity index (χ0) is 21.1. The Bertz CT molecular complexity index is 970. The maximum absolute atomic E-state index is 11.1. The van der Waals surface area contributed by atoms with Gasteiger partial charge in [0.05, 0.1) is 18.1 Å². The van der Waals surface area contributed by atoms with E-state index < -0.39 is 5.97 Å². The Morgan fingerprint density at radius 3 is 2.33 bits per heavy atom. The van der Waals surface area contributed by atoms with Crippen molar-refractivity contribution in [3.8, 4) is 11.1 Å². The molecule has 2 atom stereocenters. The SMILES string of the molecule is C[C@@H]1CN(Cc2ccccc2-c2ccoc2)C[C@H](C)N1Cc1ccc(C(=O)O)cc1. The van der Waals surface area contributed by atoms with Crippen molar-refractivity contribution in [3.05, 3.63) is 83.8 Å². The quantitative estimate of drug-likeness (QED) is 0.643. The molecule has 1 saturated heterocycles. The minimum atomic E-state index is -0.882. The van der Waals surface area contributed by atoms with Gasteiger partial charge in [0.2, 0.25) is 0 Å². The number of carboxylic acids is 1. The third kappa shape index (κ3) is 4.48. The summed E-state index contributed by atoms with van der Waals surface area (Å²) < 4.78 is 5.29. The first kappa shape index (κ1) is 20.4. The Kier molecular flexibility index (Phi) is 6.02. The lowest BCUT2D eigenvalue weighted by Crippen LogP contribution is -2.55. The number of carbonyl (C=O) groups is 1. The second kappa shape index (κ2) is 8.86. The minimum absolute atomic E-state index is 0.334. The van der Waals surface area contributed by atoms with Crippen LogP contribution in [-0.4, -0.2) is 46.0 Å². The van der Waals surface area contributed by atoms with Crippen LogP contribution in [0.15, 0.2) is 71.5 Å². The Morgan fingerprint density at radius 1 is 1.00 bits per heavy atom. The molecule has 0 radical (unpaired) electrons. The van der Waals surface area contributed by atoms with E-state index in [1.807, 2.05) is 18.2 Å². The standard InChI is InChI=1S/C25H28N2O3/c1-18-13-26(16-22-5-3-4-6-24(22)23-11-12-30-17-23)14-19(2)27(18)15-20-7-9-21(10-8-20)25(28)29/h3-12,17-19H,13-16H2,1-2H3,(H,28,29)/t18-,19+. The zero-order valence-electron chi connectivity index (χ0n) is 17.5. The lowest BCUT2D eigenvalue weighted by molar-refractivity contribution is 0.0291. The number of hydrogen-bond donors (Lipinski definition) is 1. The van der Waals surface area contributed by atoms with Crippen LogP contribution in [0.2, 0.25) is 0 Å². The monoisotopic (exact) mass is 404 g/mol. The minimum Gasteiger partial charge on any atom is -0.478 e. The summed E-state index contributed by atoms with van der Waals surface area (Å²) in [6.45, 7) is 8.29. The molecule has 156 valence electrons. The molecular formula is C25H28N2O3. The molecule has 30 heavy (non-hydrogen) atoms. The van der Waals surface area contributed by atoms with Gasteiger partial charge in [-0.25, -0.2) is 4.79 Å². The van der Waals surface area contributed by atoms with Gasteiger partial charge in [-0.15, -0.1) is 0 Å². The predicted molar refractivity (Wildman–Crippen MR) is 117 cm³/mol. The van der Waals surface area contributed by atoms with Crippen molar-refractivity contribution >= 4 is 5.97 Å². The number of furan rings is 1. The van der Waals surface area contributed by atoms with Crippen LogP contribution in [0.5, 0.6) is 0 Å². The van der Waals surface area contributed by atoms with Gasteiger partial charge in [0.15, 0.2) is 0 Å². The topological polar surface area (TPSA) is 56.9 Å². The lowest BCUT2D eigenvalue weighted by atomic mass is 10.00. The Hall–Kier alpha value is -2.89. The summed E-state index contributed by atoms with van der Waals surface area (Å²) in [4.78, 5) is 16.1. The number of rotatable bonds is 6. The van der Waals surface area contributed by atoms with E-state index in [1.54, 1.807) is 24.7 Å². The van der Waals surface area contributed by atoms with Crippen LogP contribution in [0.4, 0.5) is 0 Å². The fourth-order valence-corrected chi connectivity index (χ4v) is 4.47. The van der Waals surface area contributed by atoms with E-state index in [0.29, 0.717) is 17.6 Å². The van der Waals surface area contributed by atoms with Gasteiger partial charge in [-0.05, 0) is 48.7 Å². The van der Waals surface area contributed by atoms with E-state index in [1.165, 1.54) is 11.1 Å². The van der Waals surface area contributed by atoms with Crippen LogP contribution in [0.25, 0.3) is 11.1 Å². The van der Waals surface area contributed by atoms with Crippen molar-refractivity contribution in [2.45, 2.75) is 39.0 Å². The number of piperazine rings is 1. The summed E-state index contributed by atoms with van der Waals surface area (Å²) in [5.74, 6) is -0.882. The molecular weight excluding hydrogens is 376 g/mol. The molecule has 1 aliphatic rings. The fourth-order valence-electron chi connectivity index (χ4n) is 4.47. The molecule has 0 saturated carbocycles. The van der Waals surface area contributed by atoms with E-state index in [4.69, 9.17) is 9.52 Å². The van der Waals surface area contributed by atoms with E-state index in [2.05, 4.69) is 47.9 Å². The lowest BCUT2D eigenvalue weighted by Gasteiger charge is -2.44. The molecule has 5 heteroatoms. The molecule has 0 spiro atoms. The van der Waals surface area contributed by atoms with E-state index in [0.717, 1.165) is 37.3 Å². The molecule has 0 aliphatic carbocycles. The van der Waals surface area contributed by atoms with Crippen LogP contribution in [-0.2, 0) is 13.1 Å². The highest BCUT2D eigenvalue weighted by Gasteiger charge is 2.29. The van der Waals surface area contributed by atoms with Crippen molar-refractivity contribution in [1.82, 2.24) is 9.80 Å². The molecule has 0 bridgehead atoms. The molecule has 0 unspecified atom stereocenters. The number of hydrogen-bond acceptors (Lipinski definition) is 4. The molecule has 0 amide bonds. The first-order valence-corrected chi connectivity index (χ1v) is 10.4. The molecule has 1 aliphatic heterocycles. The molecule has 3 aromatic rings. The van der Waals surface area contributed by atoms with Crippen LogP contribution in [0.3, 0.4) is 0 Å². The predicted octanol–water partition coefficient (Wildman–Crippen LogP) is 4.74. The summed E-state index contributed by atoms with van der Waals surface area (Å²) in [7, 11) is 0. The van der Waals surface area contributed by atoms with E-state index in [9.17, 15) is 4.79 Å². The molecule has 4 rings (SSSR count). The van der Waals surface area contributed by atoms with Crippen LogP contribution in [0, 0.1) is 0 Å². The Balaban J connectivity index is 1.43. The van der Waals surface area contributed by atoms with E-state index >= 15 is 0 Å². The van der Waals surface area contributed by atoms with Gasteiger partial charge in [0.1, 0.15) is 0 Å². The number of nitrogens with zero attached hydrogens (tertiary/aromatic N) is 2. The van der Waals surface area contributed by atoms with Crippen LogP contribution >= 0.6 is 0 Å². The third-order valence-corrected chi connectivity index (χ3v) is 5.99. The zero-order valence-corrected chi connectivity index (χ0v) is 17.5. The second-order valence-corrected chi connectivity index (χ2v) is 8.24. The fraction of sp³-hybridized carbons (Fsp3) is 0.320. The van der Waals surface area contributed by atoms with Gasteiger partial charge < -0.3 is 9.52 Å². The largest absolute Gasteiger partial charge is 0.478 e. The maximum Gasteiger partial charge on any atom is 0.335 e. The van der Waals surface area contributed by atoms with Crippen LogP contribution < -0.4 is 0 Å². The number of aromatic carboxylic acids is 1. The smallest absolute Gasteiger partial charge is 0.335 e. The van der Waals surface area contributed by atoms with Crippen molar-refractivity contribution in [2.75, 3.05) is 13.1 Å². The number of benzene rings is 2. The average molecular weight is 405 g/mol. The number of carboxylic acid groups (broad SMARTS) is 1. The summed E-state index contributed by atoms with van der Waals surface area (Å²) in [6, 6.07) is 18.6. The van der Waals surface area contributed by atoms with Crippen molar-refractivity contribution < 1.29 is 14.3 Å². The van der Waals surface area contributed by atoms with E-state index in [-0.39, 0.29) is 0 Å². The summed E-state index contributed by atoms with van der Waals surface area (Å²) in [5.41, 5.74) is 5.15. The van der Waals surface area contributed by atoms with Crippen molar-refractivity contribution in [3.63, 3.8) is 0 Å². The highest BCUT2D eigenvalue weighted by atomic mass is 16.4. The normalized spacial score (nSPS) is 20.3. The summed E-state index contributed by atoms with van der Waals surface area (Å²) in [6.07, 6.45) is 3.52. The Morgan fingerprint density at radius 2 is 1.70 bits per heavy atom. The van der Waals surface area contributed by atoms with Gasteiger partial charge in [0.25, 0.3) is 0 Å². The van der Waals surface area contributed by atoms with Gasteiger partial charge in [0, 0.05) is 43.8 Å². The van der Waals surface area contributed by atoms with Crippen LogP contribution in [0.1, 0.15) is 35.3 Å². The first-order valence-electron chi connectivity index (χ1n) is 10.4. The maximum atomic E-state index is 11.1. The summed E-state index contributed by atoms with van der Waals surface area (Å²) >= 11 is 0. The van der Waals surface area contributed by atoms with Gasteiger partial charge in [-0.2, -0.15) is 0 Å². The second-order valence-electron chi connectivity index (χ2n) is 8.24. The molecule has 2 heterocycles. The third-order valence-electron chi connectivity index (χ3n) is 5.99. The van der Waals surface area contributed by atoms with Gasteiger partial charge in [-0.3, -0.25) is 9.80 Å². The van der Waals surface area contributed by atoms with Crippen molar-refractivity contribution in [1.29, 1.82) is 0 Å². The summed E-state index contributed by atoms with van der Waals surface area (Å²) in [5, 5.41) is 9.09. The Labute approximate surface area is 177 Å². The molecule has 1 N–H and O–H groups in total. The molecule has 2 aromatic carbocycles. The van der Waals surface area contributed by atoms with Crippen molar-refractivity contribution in [2.24, 2.45) is 0 Å². The first-order chi connectivity index (χ1) is 14.5. The highest BCUT2D eigenvalue weighted by molar-refractivity contribution is 5.87. The molecule has 1 fully saturated rings. The highest BCUT2D eigenvalue weighted by Crippen LogP contribution is 2.27. The van der Waals surface area contributed by atoms with Gasteiger partial charge >= 0.3 is 5.97 Å². The molecule has 1 aromatic heterocycles. The molecule has 5 nitrogen and oxygen atoms in total. The van der Waals surface area contributed by atoms with Gasteiger partial charge in [-0.1, -0.05) is 36.4 Å². The average Bonchev–Trinajstić information content (AvgIpc) is 3.26.